The zero-order valence-electron chi connectivity index (χ0n) is 17.1. The van der Waals surface area contributed by atoms with Gasteiger partial charge in [0.2, 0.25) is 0 Å². The van der Waals surface area contributed by atoms with Crippen molar-refractivity contribution in [2.24, 2.45) is 0 Å². The van der Waals surface area contributed by atoms with Crippen LogP contribution in [0.1, 0.15) is 17.2 Å². The molecule has 33 heavy (non-hydrogen) atoms. The van der Waals surface area contributed by atoms with Crippen molar-refractivity contribution >= 4 is 39.1 Å². The normalized spacial score (nSPS) is 17.5. The minimum Gasteiger partial charge on any atom is -0.508 e. The van der Waals surface area contributed by atoms with E-state index in [0.29, 0.717) is 16.3 Å². The van der Waals surface area contributed by atoms with Gasteiger partial charge in [-0.2, -0.15) is 0 Å². The summed E-state index contributed by atoms with van der Waals surface area (Å²) >= 11 is 3.31. The lowest BCUT2D eigenvalue weighted by atomic mass is 9.95. The number of aromatic hydroxyl groups is 1. The number of aliphatic hydroxyl groups excluding tert-OH is 1. The van der Waals surface area contributed by atoms with Crippen LogP contribution >= 0.6 is 15.9 Å². The Bertz CT molecular complexity index is 1320. The summed E-state index contributed by atoms with van der Waals surface area (Å²) in [6, 6.07) is 11.5. The number of aliphatic hydroxyl groups is 1. The zero-order valence-corrected chi connectivity index (χ0v) is 18.6. The molecule has 0 aliphatic carbocycles. The smallest absolute Gasteiger partial charge is 0.300 e. The number of phenols is 1. The van der Waals surface area contributed by atoms with Crippen LogP contribution in [0, 0.1) is 11.6 Å². The van der Waals surface area contributed by atoms with Gasteiger partial charge in [0.15, 0.2) is 0 Å². The molecular weight excluding hydrogens is 500 g/mol. The number of rotatable bonds is 4. The molecule has 1 atom stereocenters. The summed E-state index contributed by atoms with van der Waals surface area (Å²) in [5, 5.41) is 21.1. The molecule has 0 aromatic heterocycles. The summed E-state index contributed by atoms with van der Waals surface area (Å²) in [4.78, 5) is 26.9. The van der Waals surface area contributed by atoms with E-state index in [4.69, 9.17) is 4.74 Å². The highest BCUT2D eigenvalue weighted by Gasteiger charge is 2.47. The number of hydrogen-bond acceptors (Lipinski definition) is 5. The molecule has 1 amide bonds. The largest absolute Gasteiger partial charge is 0.508 e. The first-order chi connectivity index (χ1) is 15.7. The lowest BCUT2D eigenvalue weighted by Crippen LogP contribution is -2.30. The summed E-state index contributed by atoms with van der Waals surface area (Å²) in [6.07, 6.45) is 0. The number of nitrogens with zero attached hydrogens (tertiary/aromatic N) is 1. The standard InChI is InChI=1S/C24H16BrF2NO5/c1-33-19-8-5-13(10-16(19)25)22(30)20-21(12-3-2-4-15(29)9-12)28(24(32)23(20)31)18-7-6-14(26)11-17(18)27/h2-11,21,29-30H,1H3/b22-20+. The average Bonchev–Trinajstić information content (AvgIpc) is 3.04. The molecule has 0 spiro atoms. The van der Waals surface area contributed by atoms with Gasteiger partial charge in [0, 0.05) is 11.6 Å². The molecule has 9 heteroatoms. The fourth-order valence-electron chi connectivity index (χ4n) is 3.74. The highest BCUT2D eigenvalue weighted by molar-refractivity contribution is 9.10. The van der Waals surface area contributed by atoms with Crippen LogP contribution in [-0.2, 0) is 9.59 Å². The van der Waals surface area contributed by atoms with Crippen molar-refractivity contribution in [1.82, 2.24) is 0 Å². The van der Waals surface area contributed by atoms with E-state index in [1.807, 2.05) is 0 Å². The monoisotopic (exact) mass is 515 g/mol. The Labute approximate surface area is 195 Å². The van der Waals surface area contributed by atoms with E-state index in [-0.39, 0.29) is 28.1 Å². The number of carbonyl (C=O) groups is 2. The van der Waals surface area contributed by atoms with Gasteiger partial charge in [-0.15, -0.1) is 0 Å². The molecule has 1 aliphatic heterocycles. The van der Waals surface area contributed by atoms with Gasteiger partial charge in [-0.1, -0.05) is 12.1 Å². The molecular formula is C24H16BrF2NO5. The maximum absolute atomic E-state index is 14.7. The topological polar surface area (TPSA) is 87.1 Å². The Kier molecular flexibility index (Phi) is 5.90. The quantitative estimate of drug-likeness (QED) is 0.288. The van der Waals surface area contributed by atoms with Crippen molar-refractivity contribution in [3.8, 4) is 11.5 Å². The SMILES string of the molecule is COc1ccc(/C(O)=C2\C(=O)C(=O)N(c3ccc(F)cc3F)C2c2cccc(O)c2)cc1Br. The summed E-state index contributed by atoms with van der Waals surface area (Å²) in [7, 11) is 1.46. The number of phenolic OH excluding ortho intramolecular Hbond substituents is 1. The van der Waals surface area contributed by atoms with Crippen molar-refractivity contribution in [2.75, 3.05) is 12.0 Å². The van der Waals surface area contributed by atoms with E-state index in [2.05, 4.69) is 15.9 Å². The van der Waals surface area contributed by atoms with E-state index in [1.54, 1.807) is 6.07 Å². The molecule has 1 unspecified atom stereocenters. The van der Waals surface area contributed by atoms with Gasteiger partial charge >= 0.3 is 0 Å². The molecule has 3 aromatic rings. The van der Waals surface area contributed by atoms with Crippen molar-refractivity contribution in [3.05, 3.63) is 93.5 Å². The van der Waals surface area contributed by atoms with Crippen LogP contribution in [-0.4, -0.2) is 29.0 Å². The maximum Gasteiger partial charge on any atom is 0.300 e. The lowest BCUT2D eigenvalue weighted by molar-refractivity contribution is -0.132. The van der Waals surface area contributed by atoms with Crippen LogP contribution < -0.4 is 9.64 Å². The highest BCUT2D eigenvalue weighted by atomic mass is 79.9. The Morgan fingerprint density at radius 2 is 1.82 bits per heavy atom. The lowest BCUT2D eigenvalue weighted by Gasteiger charge is -2.26. The second-order valence-electron chi connectivity index (χ2n) is 7.21. The first kappa shape index (κ1) is 22.5. The van der Waals surface area contributed by atoms with Crippen molar-refractivity contribution in [2.45, 2.75) is 6.04 Å². The van der Waals surface area contributed by atoms with Crippen LogP contribution in [0.5, 0.6) is 11.5 Å². The fraction of sp³-hybridized carbons (Fsp3) is 0.0833. The fourth-order valence-corrected chi connectivity index (χ4v) is 4.28. The van der Waals surface area contributed by atoms with Gasteiger partial charge in [0.1, 0.15) is 28.9 Å². The van der Waals surface area contributed by atoms with Crippen molar-refractivity contribution < 1.29 is 33.3 Å². The minimum absolute atomic E-state index is 0.162. The van der Waals surface area contributed by atoms with Gasteiger partial charge in [-0.3, -0.25) is 14.5 Å². The number of amides is 1. The van der Waals surface area contributed by atoms with Crippen molar-refractivity contribution in [1.29, 1.82) is 0 Å². The number of methoxy groups -OCH3 is 1. The predicted octanol–water partition coefficient (Wildman–Crippen LogP) is 5.07. The van der Waals surface area contributed by atoms with E-state index in [1.165, 1.54) is 43.5 Å². The number of ketones is 1. The second-order valence-corrected chi connectivity index (χ2v) is 8.06. The van der Waals surface area contributed by atoms with Gasteiger partial charge in [0.05, 0.1) is 28.9 Å². The second kappa shape index (κ2) is 8.67. The first-order valence-corrected chi connectivity index (χ1v) is 10.4. The molecule has 4 rings (SSSR count). The van der Waals surface area contributed by atoms with Gasteiger partial charge in [0.25, 0.3) is 11.7 Å². The van der Waals surface area contributed by atoms with E-state index in [9.17, 15) is 28.6 Å². The third-order valence-electron chi connectivity index (χ3n) is 5.22. The number of benzene rings is 3. The minimum atomic E-state index is -1.28. The molecule has 0 radical (unpaired) electrons. The van der Waals surface area contributed by atoms with E-state index in [0.717, 1.165) is 17.0 Å². The molecule has 1 heterocycles. The van der Waals surface area contributed by atoms with E-state index >= 15 is 0 Å². The summed E-state index contributed by atoms with van der Waals surface area (Å²) in [5.41, 5.74) is -0.217. The number of anilines is 1. The molecule has 3 aromatic carbocycles. The molecule has 1 saturated heterocycles. The molecule has 1 aliphatic rings. The summed E-state index contributed by atoms with van der Waals surface area (Å²) < 4.78 is 33.8. The van der Waals surface area contributed by atoms with Crippen LogP contribution in [0.2, 0.25) is 0 Å². The van der Waals surface area contributed by atoms with E-state index < -0.39 is 35.1 Å². The molecule has 168 valence electrons. The number of Topliss-reactive ketones (excluding diaryl/α,β-unsaturated/α-hetero) is 1. The van der Waals surface area contributed by atoms with Crippen LogP contribution in [0.4, 0.5) is 14.5 Å². The predicted molar refractivity (Wildman–Crippen MR) is 120 cm³/mol. The number of ether oxygens (including phenoxy) is 1. The number of halogens is 3. The highest BCUT2D eigenvalue weighted by Crippen LogP contribution is 2.44. The third-order valence-corrected chi connectivity index (χ3v) is 5.84. The Hall–Kier alpha value is -3.72. The molecule has 0 saturated carbocycles. The van der Waals surface area contributed by atoms with Gasteiger partial charge in [-0.25, -0.2) is 8.78 Å². The van der Waals surface area contributed by atoms with Gasteiger partial charge in [-0.05, 0) is 64.0 Å². The Balaban J connectivity index is 1.97. The molecule has 1 fully saturated rings. The Morgan fingerprint density at radius 1 is 1.06 bits per heavy atom. The summed E-state index contributed by atoms with van der Waals surface area (Å²) in [5.74, 6) is -4.27. The number of hydrogen-bond donors (Lipinski definition) is 2. The first-order valence-electron chi connectivity index (χ1n) is 9.61. The van der Waals surface area contributed by atoms with Crippen LogP contribution in [0.15, 0.2) is 70.7 Å². The maximum atomic E-state index is 14.7. The molecule has 2 N–H and O–H groups in total. The number of carbonyl (C=O) groups excluding carboxylic acids is 2. The van der Waals surface area contributed by atoms with Crippen LogP contribution in [0.25, 0.3) is 5.76 Å². The summed E-state index contributed by atoms with van der Waals surface area (Å²) in [6.45, 7) is 0. The van der Waals surface area contributed by atoms with Crippen LogP contribution in [0.3, 0.4) is 0 Å². The molecule has 6 nitrogen and oxygen atoms in total. The average molecular weight is 516 g/mol. The Morgan fingerprint density at radius 3 is 2.45 bits per heavy atom. The van der Waals surface area contributed by atoms with Gasteiger partial charge < -0.3 is 14.9 Å². The molecule has 0 bridgehead atoms. The third kappa shape index (κ3) is 3.95. The zero-order chi connectivity index (χ0) is 23.9. The van der Waals surface area contributed by atoms with Crippen molar-refractivity contribution in [3.63, 3.8) is 0 Å².